The standard InChI is InChI=1S/C29H34F4O/c1-5-16(2)15-34-18(4)6-7-19-8-10-20(11-9-19)23-14-22-13-21-12-17(3)26(30)28(32)24(21)25(22)29(33)27(23)31/h6-7,12,14,16,18-20H,5,8-11,13,15H2,1-4H3/b7-6+. The zero-order chi connectivity index (χ0) is 24.6. The largest absolute Gasteiger partial charge is 0.374 e. The monoisotopic (exact) mass is 474 g/mol. The Morgan fingerprint density at radius 1 is 0.912 bits per heavy atom. The molecular formula is C29H34F4O. The maximum atomic E-state index is 15.2. The Kier molecular flexibility index (Phi) is 7.51. The van der Waals surface area contributed by atoms with Crippen molar-refractivity contribution in [2.45, 2.75) is 78.2 Å². The van der Waals surface area contributed by atoms with E-state index in [1.54, 1.807) is 6.07 Å². The second-order valence-corrected chi connectivity index (χ2v) is 10.2. The molecule has 1 nitrogen and oxygen atoms in total. The third-order valence-corrected chi connectivity index (χ3v) is 7.62. The average molecular weight is 475 g/mol. The van der Waals surface area contributed by atoms with Crippen molar-refractivity contribution < 1.29 is 22.3 Å². The van der Waals surface area contributed by atoms with E-state index in [4.69, 9.17) is 4.74 Å². The van der Waals surface area contributed by atoms with Gasteiger partial charge in [-0.15, -0.1) is 0 Å². The first-order valence-corrected chi connectivity index (χ1v) is 12.5. The predicted molar refractivity (Wildman–Crippen MR) is 128 cm³/mol. The number of benzene rings is 2. The number of aryl methyl sites for hydroxylation is 1. The highest BCUT2D eigenvalue weighted by Crippen LogP contribution is 2.46. The summed E-state index contributed by atoms with van der Waals surface area (Å²) < 4.78 is 64.9. The van der Waals surface area contributed by atoms with Crippen LogP contribution in [0.1, 0.15) is 81.0 Å². The van der Waals surface area contributed by atoms with Crippen LogP contribution in [0.2, 0.25) is 0 Å². The first-order chi connectivity index (χ1) is 16.2. The highest BCUT2D eigenvalue weighted by Gasteiger charge is 2.33. The van der Waals surface area contributed by atoms with E-state index in [0.29, 0.717) is 34.9 Å². The summed E-state index contributed by atoms with van der Waals surface area (Å²) >= 11 is 0. The molecule has 2 aromatic rings. The molecule has 2 atom stereocenters. The molecule has 0 aliphatic heterocycles. The molecule has 4 rings (SSSR count). The fourth-order valence-electron chi connectivity index (χ4n) is 5.27. The summed E-state index contributed by atoms with van der Waals surface area (Å²) in [5.41, 5.74) is 1.36. The Morgan fingerprint density at radius 2 is 1.53 bits per heavy atom. The maximum absolute atomic E-state index is 15.2. The van der Waals surface area contributed by atoms with E-state index in [-0.39, 0.29) is 28.7 Å². The van der Waals surface area contributed by atoms with Crippen LogP contribution in [0.5, 0.6) is 0 Å². The normalized spacial score (nSPS) is 21.5. The molecule has 0 bridgehead atoms. The lowest BCUT2D eigenvalue weighted by molar-refractivity contribution is 0.0705. The molecule has 0 heterocycles. The molecule has 2 aliphatic rings. The minimum absolute atomic E-state index is 0.0606. The first-order valence-electron chi connectivity index (χ1n) is 12.5. The summed E-state index contributed by atoms with van der Waals surface area (Å²) in [7, 11) is 0. The van der Waals surface area contributed by atoms with Crippen LogP contribution >= 0.6 is 0 Å². The predicted octanol–water partition coefficient (Wildman–Crippen LogP) is 8.40. The van der Waals surface area contributed by atoms with Crippen LogP contribution in [0.15, 0.2) is 24.3 Å². The second-order valence-electron chi connectivity index (χ2n) is 10.2. The van der Waals surface area contributed by atoms with Crippen molar-refractivity contribution in [3.63, 3.8) is 0 Å². The van der Waals surface area contributed by atoms with Crippen molar-refractivity contribution >= 4 is 0 Å². The summed E-state index contributed by atoms with van der Waals surface area (Å²) in [6.45, 7) is 8.60. The Balaban J connectivity index is 1.46. The van der Waals surface area contributed by atoms with Gasteiger partial charge in [0.15, 0.2) is 23.3 Å². The van der Waals surface area contributed by atoms with Crippen LogP contribution in [-0.2, 0) is 11.2 Å². The lowest BCUT2D eigenvalue weighted by atomic mass is 9.77. The maximum Gasteiger partial charge on any atom is 0.167 e. The molecule has 1 fully saturated rings. The lowest BCUT2D eigenvalue weighted by Crippen LogP contribution is -2.15. The number of ether oxygens (including phenoxy) is 1. The fourth-order valence-corrected chi connectivity index (χ4v) is 5.27. The topological polar surface area (TPSA) is 9.23 Å². The van der Waals surface area contributed by atoms with E-state index >= 15 is 8.78 Å². The molecule has 2 aromatic carbocycles. The Morgan fingerprint density at radius 3 is 2.18 bits per heavy atom. The quantitative estimate of drug-likeness (QED) is 0.247. The number of hydrogen-bond acceptors (Lipinski definition) is 1. The van der Waals surface area contributed by atoms with E-state index in [1.165, 1.54) is 13.0 Å². The van der Waals surface area contributed by atoms with E-state index < -0.39 is 23.3 Å². The number of fused-ring (bicyclic) bond motifs is 3. The van der Waals surface area contributed by atoms with Gasteiger partial charge >= 0.3 is 0 Å². The van der Waals surface area contributed by atoms with Gasteiger partial charge in [0.25, 0.3) is 0 Å². The molecule has 34 heavy (non-hydrogen) atoms. The molecular weight excluding hydrogens is 440 g/mol. The second kappa shape index (κ2) is 10.2. The van der Waals surface area contributed by atoms with Crippen LogP contribution in [0.25, 0.3) is 11.1 Å². The molecule has 184 valence electrons. The van der Waals surface area contributed by atoms with Gasteiger partial charge in [-0.3, -0.25) is 0 Å². The third-order valence-electron chi connectivity index (χ3n) is 7.62. The smallest absolute Gasteiger partial charge is 0.167 e. The zero-order valence-electron chi connectivity index (χ0n) is 20.5. The summed E-state index contributed by atoms with van der Waals surface area (Å²) in [5, 5.41) is 0. The van der Waals surface area contributed by atoms with Gasteiger partial charge in [-0.25, -0.2) is 17.6 Å². The third kappa shape index (κ3) is 4.82. The number of halogens is 4. The zero-order valence-corrected chi connectivity index (χ0v) is 20.5. The average Bonchev–Trinajstić information content (AvgIpc) is 3.20. The Bertz CT molecular complexity index is 1080. The SMILES string of the molecule is CCC(C)COC(C)/C=C/C1CCC(c2cc3c(c(F)c2F)-c2c(cc(C)c(F)c2F)C3)CC1. The minimum atomic E-state index is -1.09. The number of rotatable bonds is 7. The Labute approximate surface area is 200 Å². The van der Waals surface area contributed by atoms with Crippen molar-refractivity contribution in [1.29, 1.82) is 0 Å². The molecule has 0 N–H and O–H groups in total. The number of allylic oxidation sites excluding steroid dienone is 1. The van der Waals surface area contributed by atoms with Gasteiger partial charge < -0.3 is 4.74 Å². The van der Waals surface area contributed by atoms with Gasteiger partial charge in [0.05, 0.1) is 6.10 Å². The first kappa shape index (κ1) is 25.0. The summed E-state index contributed by atoms with van der Waals surface area (Å²) in [6, 6.07) is 3.22. The molecule has 5 heteroatoms. The van der Waals surface area contributed by atoms with E-state index in [9.17, 15) is 8.78 Å². The molecule has 0 radical (unpaired) electrons. The van der Waals surface area contributed by atoms with Crippen LogP contribution in [-0.4, -0.2) is 12.7 Å². The van der Waals surface area contributed by atoms with Gasteiger partial charge in [0, 0.05) is 17.7 Å². The fraction of sp³-hybridized carbons (Fsp3) is 0.517. The van der Waals surface area contributed by atoms with Crippen LogP contribution in [0.3, 0.4) is 0 Å². The molecule has 0 saturated heterocycles. The van der Waals surface area contributed by atoms with Crippen molar-refractivity contribution in [3.05, 3.63) is 69.8 Å². The lowest BCUT2D eigenvalue weighted by Gasteiger charge is -2.28. The summed E-state index contributed by atoms with van der Waals surface area (Å²) in [4.78, 5) is 0. The van der Waals surface area contributed by atoms with Gasteiger partial charge in [-0.1, -0.05) is 44.6 Å². The van der Waals surface area contributed by atoms with Crippen LogP contribution in [0, 0.1) is 42.0 Å². The highest BCUT2D eigenvalue weighted by molar-refractivity contribution is 5.79. The molecule has 0 spiro atoms. The molecule has 0 aromatic heterocycles. The van der Waals surface area contributed by atoms with Gasteiger partial charge in [0.2, 0.25) is 0 Å². The summed E-state index contributed by atoms with van der Waals surface area (Å²) in [5.74, 6) is -3.19. The molecule has 2 unspecified atom stereocenters. The Hall–Kier alpha value is -2.14. The molecule has 1 saturated carbocycles. The van der Waals surface area contributed by atoms with Gasteiger partial charge in [-0.2, -0.15) is 0 Å². The van der Waals surface area contributed by atoms with Crippen molar-refractivity contribution in [2.24, 2.45) is 11.8 Å². The van der Waals surface area contributed by atoms with E-state index in [2.05, 4.69) is 26.0 Å². The van der Waals surface area contributed by atoms with Crippen molar-refractivity contribution in [2.75, 3.05) is 6.61 Å². The van der Waals surface area contributed by atoms with Gasteiger partial charge in [-0.05, 0) is 86.0 Å². The van der Waals surface area contributed by atoms with Crippen molar-refractivity contribution in [1.82, 2.24) is 0 Å². The highest BCUT2D eigenvalue weighted by atomic mass is 19.2. The van der Waals surface area contributed by atoms with Crippen LogP contribution < -0.4 is 0 Å². The van der Waals surface area contributed by atoms with Gasteiger partial charge in [0.1, 0.15) is 0 Å². The van der Waals surface area contributed by atoms with Crippen molar-refractivity contribution in [3.8, 4) is 11.1 Å². The van der Waals surface area contributed by atoms with E-state index in [1.807, 2.05) is 6.92 Å². The van der Waals surface area contributed by atoms with Crippen LogP contribution in [0.4, 0.5) is 17.6 Å². The van der Waals surface area contributed by atoms with E-state index in [0.717, 1.165) is 38.7 Å². The summed E-state index contributed by atoms with van der Waals surface area (Å²) in [6.07, 6.45) is 9.09. The number of hydrogen-bond donors (Lipinski definition) is 0. The molecule has 0 amide bonds. The minimum Gasteiger partial charge on any atom is -0.374 e. The molecule has 2 aliphatic carbocycles.